The molecule has 226 valence electrons. The molecular weight excluding hydrogens is 488 g/mol. The van der Waals surface area contributed by atoms with E-state index in [4.69, 9.17) is 23.7 Å². The third-order valence-corrected chi connectivity index (χ3v) is 5.89. The third kappa shape index (κ3) is 25.0. The van der Waals surface area contributed by atoms with Crippen molar-refractivity contribution in [1.82, 2.24) is 9.80 Å². The van der Waals surface area contributed by atoms with E-state index in [0.29, 0.717) is 13.0 Å². The first-order valence-electron chi connectivity index (χ1n) is 14.8. The van der Waals surface area contributed by atoms with Crippen LogP contribution >= 0.6 is 0 Å². The van der Waals surface area contributed by atoms with Crippen molar-refractivity contribution in [3.8, 4) is 0 Å². The molecule has 0 radical (unpaired) electrons. The zero-order valence-corrected chi connectivity index (χ0v) is 25.3. The van der Waals surface area contributed by atoms with E-state index in [2.05, 4.69) is 6.92 Å². The molecular formula is C29H58N2O7. The molecule has 1 unspecified atom stereocenters. The number of hydrogen-bond acceptors (Lipinski definition) is 9. The van der Waals surface area contributed by atoms with Crippen molar-refractivity contribution in [2.45, 2.75) is 110 Å². The first kappa shape index (κ1) is 36.7. The highest BCUT2D eigenvalue weighted by Gasteiger charge is 2.22. The minimum Gasteiger partial charge on any atom is -0.462 e. The largest absolute Gasteiger partial charge is 0.462 e. The van der Waals surface area contributed by atoms with Crippen LogP contribution in [0.25, 0.3) is 0 Å². The molecule has 0 aromatic carbocycles. The average molecular weight is 547 g/mol. The van der Waals surface area contributed by atoms with Crippen LogP contribution in [0.3, 0.4) is 0 Å². The van der Waals surface area contributed by atoms with Crippen molar-refractivity contribution in [1.29, 1.82) is 0 Å². The van der Waals surface area contributed by atoms with E-state index in [9.17, 15) is 9.59 Å². The van der Waals surface area contributed by atoms with E-state index in [1.807, 2.05) is 6.92 Å². The van der Waals surface area contributed by atoms with Crippen LogP contribution in [0.15, 0.2) is 0 Å². The van der Waals surface area contributed by atoms with Crippen molar-refractivity contribution in [3.05, 3.63) is 0 Å². The van der Waals surface area contributed by atoms with Gasteiger partial charge in [-0.05, 0) is 53.9 Å². The van der Waals surface area contributed by atoms with Crippen molar-refractivity contribution in [2.75, 3.05) is 67.7 Å². The second-order valence-corrected chi connectivity index (χ2v) is 10.5. The maximum Gasteiger partial charge on any atom is 0.324 e. The monoisotopic (exact) mass is 546 g/mol. The number of likely N-dealkylation sites (N-methyl/N-ethyl adjacent to an activating group) is 2. The molecule has 0 bridgehead atoms. The molecule has 0 saturated heterocycles. The summed E-state index contributed by atoms with van der Waals surface area (Å²) in [5.74, 6) is -0.760. The van der Waals surface area contributed by atoms with Gasteiger partial charge in [0.1, 0.15) is 6.61 Å². The van der Waals surface area contributed by atoms with Crippen molar-refractivity contribution in [3.63, 3.8) is 0 Å². The molecule has 0 aromatic heterocycles. The van der Waals surface area contributed by atoms with Gasteiger partial charge in [-0.15, -0.1) is 0 Å². The number of hydrogen-bond donors (Lipinski definition) is 0. The molecule has 0 heterocycles. The number of carbonyl (C=O) groups is 2. The summed E-state index contributed by atoms with van der Waals surface area (Å²) in [4.78, 5) is 27.5. The zero-order valence-electron chi connectivity index (χ0n) is 25.3. The SMILES string of the molecule is CCCCCCCOCCCCCCCCCO[C@H](OC(=O)CN(C)C)OC(CC)COC(=O)CN(C)C. The lowest BCUT2D eigenvalue weighted by molar-refractivity contribution is -0.295. The van der Waals surface area contributed by atoms with Crippen LogP contribution in [0.5, 0.6) is 0 Å². The summed E-state index contributed by atoms with van der Waals surface area (Å²) in [6, 6.07) is 0. The molecule has 0 N–H and O–H groups in total. The molecule has 0 rings (SSSR count). The number of unbranched alkanes of at least 4 members (excludes halogenated alkanes) is 10. The molecule has 38 heavy (non-hydrogen) atoms. The van der Waals surface area contributed by atoms with Gasteiger partial charge >= 0.3 is 18.4 Å². The average Bonchev–Trinajstić information content (AvgIpc) is 2.85. The summed E-state index contributed by atoms with van der Waals surface area (Å²) in [5.41, 5.74) is 0. The molecule has 0 fully saturated rings. The predicted molar refractivity (Wildman–Crippen MR) is 151 cm³/mol. The normalized spacial score (nSPS) is 13.2. The minimum absolute atomic E-state index is 0.0816. The molecule has 0 amide bonds. The fourth-order valence-corrected chi connectivity index (χ4v) is 3.68. The smallest absolute Gasteiger partial charge is 0.324 e. The zero-order chi connectivity index (χ0) is 28.4. The quantitative estimate of drug-likeness (QED) is 0.0801. The molecule has 0 spiro atoms. The Hall–Kier alpha value is -1.26. The predicted octanol–water partition coefficient (Wildman–Crippen LogP) is 5.01. The van der Waals surface area contributed by atoms with Gasteiger partial charge in [0, 0.05) is 13.2 Å². The number of carbonyl (C=O) groups excluding carboxylic acids is 2. The fourth-order valence-electron chi connectivity index (χ4n) is 3.68. The molecule has 9 heteroatoms. The van der Waals surface area contributed by atoms with Crippen LogP contribution in [0.4, 0.5) is 0 Å². The third-order valence-electron chi connectivity index (χ3n) is 5.89. The lowest BCUT2D eigenvalue weighted by Gasteiger charge is -2.24. The Labute approximate surface area is 232 Å². The molecule has 0 aliphatic heterocycles. The van der Waals surface area contributed by atoms with Gasteiger partial charge in [-0.2, -0.15) is 0 Å². The highest BCUT2D eigenvalue weighted by Crippen LogP contribution is 2.11. The number of nitrogens with zero attached hydrogens (tertiary/aromatic N) is 2. The summed E-state index contributed by atoms with van der Waals surface area (Å²) in [5, 5.41) is 0. The van der Waals surface area contributed by atoms with Gasteiger partial charge in [-0.1, -0.05) is 71.6 Å². The molecule has 0 aromatic rings. The van der Waals surface area contributed by atoms with E-state index < -0.39 is 18.5 Å². The highest BCUT2D eigenvalue weighted by molar-refractivity contribution is 5.72. The van der Waals surface area contributed by atoms with Crippen molar-refractivity contribution < 1.29 is 33.3 Å². The topological polar surface area (TPSA) is 86.8 Å². The Morgan fingerprint density at radius 3 is 1.68 bits per heavy atom. The van der Waals surface area contributed by atoms with Crippen LogP contribution < -0.4 is 0 Å². The summed E-state index contributed by atoms with van der Waals surface area (Å²) >= 11 is 0. The van der Waals surface area contributed by atoms with E-state index in [1.54, 1.807) is 38.0 Å². The Balaban J connectivity index is 4.10. The van der Waals surface area contributed by atoms with Gasteiger partial charge in [0.15, 0.2) is 0 Å². The summed E-state index contributed by atoms with van der Waals surface area (Å²) in [6.45, 7) is 5.66. The van der Waals surface area contributed by atoms with Gasteiger partial charge < -0.3 is 23.7 Å². The van der Waals surface area contributed by atoms with Crippen LogP contribution in [0.2, 0.25) is 0 Å². The first-order valence-corrected chi connectivity index (χ1v) is 14.8. The van der Waals surface area contributed by atoms with E-state index in [-0.39, 0.29) is 25.7 Å². The second kappa shape index (κ2) is 26.0. The van der Waals surface area contributed by atoms with Crippen LogP contribution in [-0.2, 0) is 33.3 Å². The lowest BCUT2D eigenvalue weighted by atomic mass is 10.1. The maximum atomic E-state index is 12.2. The Kier molecular flexibility index (Phi) is 25.1. The van der Waals surface area contributed by atoms with Gasteiger partial charge in [-0.25, -0.2) is 0 Å². The molecule has 0 saturated carbocycles. The highest BCUT2D eigenvalue weighted by atomic mass is 16.9. The molecule has 0 aliphatic rings. The number of rotatable bonds is 27. The fraction of sp³-hybridized carbons (Fsp3) is 0.931. The number of esters is 2. The second-order valence-electron chi connectivity index (χ2n) is 10.5. The van der Waals surface area contributed by atoms with Gasteiger partial charge in [0.2, 0.25) is 0 Å². The van der Waals surface area contributed by atoms with Gasteiger partial charge in [-0.3, -0.25) is 19.4 Å². The van der Waals surface area contributed by atoms with Crippen LogP contribution in [0, 0.1) is 0 Å². The van der Waals surface area contributed by atoms with Crippen LogP contribution in [-0.4, -0.2) is 102 Å². The molecule has 9 nitrogen and oxygen atoms in total. The van der Waals surface area contributed by atoms with E-state index in [0.717, 1.165) is 38.9 Å². The number of ether oxygens (including phenoxy) is 5. The van der Waals surface area contributed by atoms with Crippen molar-refractivity contribution in [2.24, 2.45) is 0 Å². The van der Waals surface area contributed by atoms with E-state index in [1.165, 1.54) is 51.4 Å². The summed E-state index contributed by atoms with van der Waals surface area (Å²) < 4.78 is 28.0. The first-order chi connectivity index (χ1) is 18.3. The lowest BCUT2D eigenvalue weighted by Crippen LogP contribution is -2.35. The Bertz CT molecular complexity index is 561. The minimum atomic E-state index is -1.12. The summed E-state index contributed by atoms with van der Waals surface area (Å²) in [6.07, 6.45) is 14.4. The summed E-state index contributed by atoms with van der Waals surface area (Å²) in [7, 11) is 7.19. The Morgan fingerprint density at radius 1 is 0.658 bits per heavy atom. The van der Waals surface area contributed by atoms with Crippen LogP contribution in [0.1, 0.15) is 97.3 Å². The van der Waals surface area contributed by atoms with Gasteiger partial charge in [0.25, 0.3) is 0 Å². The molecule has 0 aliphatic carbocycles. The standard InChI is InChI=1S/C29H58N2O7/c1-7-9-10-14-17-20-34-21-18-15-12-11-13-16-19-22-35-29(38-28(33)24-31(5)6)37-26(8-2)25-36-27(32)23-30(3)4/h26,29H,7-25H2,1-6H3/t26?,29-/m0/s1. The van der Waals surface area contributed by atoms with Gasteiger partial charge in [0.05, 0.1) is 25.8 Å². The maximum absolute atomic E-state index is 12.2. The van der Waals surface area contributed by atoms with Crippen molar-refractivity contribution >= 4 is 11.9 Å². The Morgan fingerprint density at radius 2 is 1.16 bits per heavy atom. The molecule has 2 atom stereocenters. The van der Waals surface area contributed by atoms with E-state index >= 15 is 0 Å².